The van der Waals surface area contributed by atoms with E-state index < -0.39 is 5.91 Å². The predicted molar refractivity (Wildman–Crippen MR) is 121 cm³/mol. The van der Waals surface area contributed by atoms with E-state index in [1.54, 1.807) is 6.07 Å². The van der Waals surface area contributed by atoms with E-state index in [0.717, 1.165) is 36.4 Å². The first-order valence-electron chi connectivity index (χ1n) is 10.4. The highest BCUT2D eigenvalue weighted by atomic mass is 16.5. The quantitative estimate of drug-likeness (QED) is 0.585. The van der Waals surface area contributed by atoms with Gasteiger partial charge in [0.2, 0.25) is 0 Å². The lowest BCUT2D eigenvalue weighted by Crippen LogP contribution is -2.24. The Balaban J connectivity index is 1.80. The van der Waals surface area contributed by atoms with Crippen molar-refractivity contribution in [1.82, 2.24) is 0 Å². The van der Waals surface area contributed by atoms with Gasteiger partial charge in [-0.25, -0.2) is 0 Å². The molecule has 1 amide bonds. The Bertz CT molecular complexity index is 1070. The Labute approximate surface area is 178 Å². The number of amides is 1. The molecule has 1 atom stereocenters. The average molecular weight is 401 g/mol. The van der Waals surface area contributed by atoms with Crippen LogP contribution >= 0.6 is 0 Å². The van der Waals surface area contributed by atoms with Crippen molar-refractivity contribution in [2.75, 3.05) is 11.4 Å². The maximum atomic E-state index is 12.2. The topological polar surface area (TPSA) is 55.6 Å². The number of benzene rings is 3. The van der Waals surface area contributed by atoms with Gasteiger partial charge in [0.05, 0.1) is 17.3 Å². The third-order valence-corrected chi connectivity index (χ3v) is 5.76. The highest BCUT2D eigenvalue weighted by molar-refractivity contribution is 5.98. The molecule has 30 heavy (non-hydrogen) atoms. The van der Waals surface area contributed by atoms with Crippen molar-refractivity contribution in [3.63, 3.8) is 0 Å². The van der Waals surface area contributed by atoms with Gasteiger partial charge in [-0.1, -0.05) is 53.6 Å². The molecule has 1 fully saturated rings. The second kappa shape index (κ2) is 8.23. The Morgan fingerprint density at radius 2 is 1.73 bits per heavy atom. The normalized spacial score (nSPS) is 16.0. The minimum Gasteiger partial charge on any atom is -0.454 e. The fraction of sp³-hybridized carbons (Fsp3) is 0.269. The summed E-state index contributed by atoms with van der Waals surface area (Å²) in [4.78, 5) is 14.6. The fourth-order valence-electron chi connectivity index (χ4n) is 4.44. The summed E-state index contributed by atoms with van der Waals surface area (Å²) < 4.78 is 6.33. The largest absolute Gasteiger partial charge is 0.454 e. The van der Waals surface area contributed by atoms with E-state index in [1.165, 1.54) is 16.7 Å². The van der Waals surface area contributed by atoms with E-state index >= 15 is 0 Å². The van der Waals surface area contributed by atoms with Crippen LogP contribution in [0.3, 0.4) is 0 Å². The molecule has 4 nitrogen and oxygen atoms in total. The minimum atomic E-state index is -0.484. The molecular formula is C26H28N2O2. The van der Waals surface area contributed by atoms with E-state index in [2.05, 4.69) is 36.9 Å². The number of nitrogens with two attached hydrogens (primary N) is 1. The molecule has 1 heterocycles. The molecule has 1 saturated heterocycles. The molecule has 154 valence electrons. The van der Waals surface area contributed by atoms with Crippen LogP contribution < -0.4 is 15.4 Å². The summed E-state index contributed by atoms with van der Waals surface area (Å²) in [5.41, 5.74) is 11.9. The molecule has 0 aliphatic carbocycles. The molecule has 2 N–H and O–H groups in total. The molecule has 3 aromatic rings. The molecule has 0 saturated carbocycles. The van der Waals surface area contributed by atoms with E-state index in [4.69, 9.17) is 10.5 Å². The van der Waals surface area contributed by atoms with Crippen molar-refractivity contribution in [2.45, 2.75) is 39.7 Å². The number of ether oxygens (including phenoxy) is 1. The van der Waals surface area contributed by atoms with Crippen molar-refractivity contribution >= 4 is 11.6 Å². The minimum absolute atomic E-state index is 0.242. The zero-order chi connectivity index (χ0) is 21.3. The van der Waals surface area contributed by atoms with E-state index in [-0.39, 0.29) is 6.04 Å². The molecular weight excluding hydrogens is 372 g/mol. The van der Waals surface area contributed by atoms with Gasteiger partial charge in [0, 0.05) is 6.54 Å². The smallest absolute Gasteiger partial charge is 0.252 e. The number of anilines is 1. The SMILES string of the molecule is Cc1cc(C)cc(C2CCCN2c2cccc(C(N)=O)c2Oc2ccccc2C)c1. The number of hydrogen-bond donors (Lipinski definition) is 1. The van der Waals surface area contributed by atoms with Gasteiger partial charge < -0.3 is 15.4 Å². The Hall–Kier alpha value is -3.27. The van der Waals surface area contributed by atoms with Gasteiger partial charge in [-0.15, -0.1) is 0 Å². The number of aryl methyl sites for hydroxylation is 3. The monoisotopic (exact) mass is 400 g/mol. The van der Waals surface area contributed by atoms with Gasteiger partial charge in [0.15, 0.2) is 5.75 Å². The number of nitrogens with zero attached hydrogens (tertiary/aromatic N) is 1. The molecule has 1 aliphatic heterocycles. The molecule has 0 aromatic heterocycles. The fourth-order valence-corrected chi connectivity index (χ4v) is 4.44. The predicted octanol–water partition coefficient (Wildman–Crippen LogP) is 5.84. The zero-order valence-corrected chi connectivity index (χ0v) is 17.8. The van der Waals surface area contributed by atoms with Gasteiger partial charge in [0.1, 0.15) is 5.75 Å². The number of hydrogen-bond acceptors (Lipinski definition) is 3. The molecule has 4 rings (SSSR count). The summed E-state index contributed by atoms with van der Waals surface area (Å²) in [5, 5.41) is 0. The maximum Gasteiger partial charge on any atom is 0.252 e. The maximum absolute atomic E-state index is 12.2. The molecule has 0 radical (unpaired) electrons. The Morgan fingerprint density at radius 1 is 1.00 bits per heavy atom. The summed E-state index contributed by atoms with van der Waals surface area (Å²) in [6.45, 7) is 7.17. The number of primary amides is 1. The van der Waals surface area contributed by atoms with Crippen LogP contribution in [0.2, 0.25) is 0 Å². The molecule has 0 bridgehead atoms. The summed E-state index contributed by atoms with van der Waals surface area (Å²) in [6.07, 6.45) is 2.15. The van der Waals surface area contributed by atoms with Crippen molar-refractivity contribution in [3.8, 4) is 11.5 Å². The molecule has 1 unspecified atom stereocenters. The number of rotatable bonds is 5. The summed E-state index contributed by atoms with van der Waals surface area (Å²) in [7, 11) is 0. The van der Waals surface area contributed by atoms with Gasteiger partial charge >= 0.3 is 0 Å². The third-order valence-electron chi connectivity index (χ3n) is 5.76. The van der Waals surface area contributed by atoms with Crippen LogP contribution in [0, 0.1) is 20.8 Å². The van der Waals surface area contributed by atoms with E-state index in [0.29, 0.717) is 11.3 Å². The first-order chi connectivity index (χ1) is 14.4. The van der Waals surface area contributed by atoms with Gasteiger partial charge in [-0.3, -0.25) is 4.79 Å². The van der Waals surface area contributed by atoms with Crippen LogP contribution in [0.1, 0.15) is 51.5 Å². The van der Waals surface area contributed by atoms with Crippen LogP contribution in [-0.4, -0.2) is 12.5 Å². The third kappa shape index (κ3) is 3.90. The Kier molecular flexibility index (Phi) is 5.49. The highest BCUT2D eigenvalue weighted by Gasteiger charge is 2.30. The zero-order valence-electron chi connectivity index (χ0n) is 17.8. The van der Waals surface area contributed by atoms with Crippen LogP contribution in [0.4, 0.5) is 5.69 Å². The summed E-state index contributed by atoms with van der Waals surface area (Å²) in [5.74, 6) is 0.785. The molecule has 1 aliphatic rings. The molecule has 3 aromatic carbocycles. The van der Waals surface area contributed by atoms with Crippen LogP contribution in [-0.2, 0) is 0 Å². The second-order valence-electron chi connectivity index (χ2n) is 8.16. The first-order valence-corrected chi connectivity index (χ1v) is 10.4. The lowest BCUT2D eigenvalue weighted by molar-refractivity contribution is 0.0998. The lowest BCUT2D eigenvalue weighted by atomic mass is 9.99. The number of para-hydroxylation sites is 2. The summed E-state index contributed by atoms with van der Waals surface area (Å²) in [6, 6.07) is 20.4. The number of carbonyl (C=O) groups excluding carboxylic acids is 1. The van der Waals surface area contributed by atoms with Gasteiger partial charge in [-0.2, -0.15) is 0 Å². The van der Waals surface area contributed by atoms with Crippen molar-refractivity contribution in [1.29, 1.82) is 0 Å². The van der Waals surface area contributed by atoms with Crippen molar-refractivity contribution in [3.05, 3.63) is 88.5 Å². The highest BCUT2D eigenvalue weighted by Crippen LogP contribution is 2.44. The van der Waals surface area contributed by atoms with Gasteiger partial charge in [0.25, 0.3) is 5.91 Å². The molecule has 0 spiro atoms. The standard InChI is InChI=1S/C26H28N2O2/c1-17-14-18(2)16-20(15-17)22-11-7-13-28(22)23-10-6-9-21(26(27)29)25(23)30-24-12-5-4-8-19(24)3/h4-6,8-10,12,14-16,22H,7,11,13H2,1-3H3,(H2,27,29). The molecule has 4 heteroatoms. The van der Waals surface area contributed by atoms with Crippen LogP contribution in [0.25, 0.3) is 0 Å². The number of carbonyl (C=O) groups is 1. The van der Waals surface area contributed by atoms with Crippen LogP contribution in [0.5, 0.6) is 11.5 Å². The lowest BCUT2D eigenvalue weighted by Gasteiger charge is -2.30. The van der Waals surface area contributed by atoms with E-state index in [9.17, 15) is 4.79 Å². The first kappa shape index (κ1) is 20.0. The second-order valence-corrected chi connectivity index (χ2v) is 8.16. The summed E-state index contributed by atoms with van der Waals surface area (Å²) >= 11 is 0. The van der Waals surface area contributed by atoms with Gasteiger partial charge in [-0.05, 0) is 62.9 Å². The van der Waals surface area contributed by atoms with Crippen molar-refractivity contribution in [2.24, 2.45) is 5.73 Å². The Morgan fingerprint density at radius 3 is 2.43 bits per heavy atom. The van der Waals surface area contributed by atoms with E-state index in [1.807, 2.05) is 43.3 Å². The van der Waals surface area contributed by atoms with Crippen LogP contribution in [0.15, 0.2) is 60.7 Å². The van der Waals surface area contributed by atoms with Crippen molar-refractivity contribution < 1.29 is 9.53 Å². The average Bonchev–Trinajstić information content (AvgIpc) is 3.18.